The minimum absolute atomic E-state index is 0.252. The Morgan fingerprint density at radius 3 is 2.35 bits per heavy atom. The van der Waals surface area contributed by atoms with Crippen molar-refractivity contribution in [2.75, 3.05) is 32.8 Å². The number of carbonyl (C=O) groups is 2. The van der Waals surface area contributed by atoms with Gasteiger partial charge in [0.25, 0.3) is 0 Å². The van der Waals surface area contributed by atoms with Gasteiger partial charge in [0.15, 0.2) is 0 Å². The van der Waals surface area contributed by atoms with Crippen LogP contribution < -0.4 is 0 Å². The molecule has 0 bridgehead atoms. The van der Waals surface area contributed by atoms with Crippen LogP contribution in [-0.2, 0) is 19.1 Å². The average Bonchev–Trinajstić information content (AvgIpc) is 2.26. The molecule has 0 aromatic carbocycles. The molecule has 0 spiro atoms. The Morgan fingerprint density at radius 1 is 1.24 bits per heavy atom. The zero-order valence-electron chi connectivity index (χ0n) is 10.8. The number of morpholine rings is 1. The predicted molar refractivity (Wildman–Crippen MR) is 62.4 cm³/mol. The summed E-state index contributed by atoms with van der Waals surface area (Å²) in [6.07, 6.45) is 0.252. The lowest BCUT2D eigenvalue weighted by Gasteiger charge is -2.26. The Balaban J connectivity index is 2.23. The summed E-state index contributed by atoms with van der Waals surface area (Å²) in [4.78, 5) is 25.0. The molecule has 0 unspecified atom stereocenters. The number of esters is 2. The first kappa shape index (κ1) is 14.1. The highest BCUT2D eigenvalue weighted by atomic mass is 16.6. The van der Waals surface area contributed by atoms with Gasteiger partial charge in [-0.15, -0.1) is 0 Å². The molecule has 1 aliphatic heterocycles. The Labute approximate surface area is 102 Å². The molecule has 1 aliphatic rings. The van der Waals surface area contributed by atoms with Crippen LogP contribution in [0.5, 0.6) is 0 Å². The van der Waals surface area contributed by atoms with Gasteiger partial charge in [-0.2, -0.15) is 0 Å². The fourth-order valence-corrected chi connectivity index (χ4v) is 1.38. The number of nitrogens with zero attached hydrogens (tertiary/aromatic N) is 1. The number of carbonyl (C=O) groups excluding carboxylic acids is 2. The maximum absolute atomic E-state index is 11.4. The molecule has 0 aromatic rings. The highest BCUT2D eigenvalue weighted by molar-refractivity contribution is 5.88. The first-order chi connectivity index (χ1) is 7.89. The van der Waals surface area contributed by atoms with E-state index in [1.54, 1.807) is 20.8 Å². The Kier molecular flexibility index (Phi) is 5.08. The lowest BCUT2D eigenvalue weighted by Crippen LogP contribution is -2.38. The van der Waals surface area contributed by atoms with Crippen molar-refractivity contribution in [2.24, 2.45) is 5.41 Å². The van der Waals surface area contributed by atoms with Crippen LogP contribution in [0.3, 0.4) is 0 Å². The molecule has 5 heteroatoms. The van der Waals surface area contributed by atoms with E-state index in [9.17, 15) is 9.59 Å². The van der Waals surface area contributed by atoms with Crippen molar-refractivity contribution in [3.8, 4) is 0 Å². The van der Waals surface area contributed by atoms with Crippen LogP contribution in [0, 0.1) is 5.41 Å². The molecule has 0 aliphatic carbocycles. The fraction of sp³-hybridized carbons (Fsp3) is 0.833. The molecule has 5 nitrogen and oxygen atoms in total. The minimum atomic E-state index is -0.630. The van der Waals surface area contributed by atoms with E-state index in [0.717, 1.165) is 13.1 Å². The molecule has 0 N–H and O–H groups in total. The molecule has 0 aromatic heterocycles. The maximum atomic E-state index is 11.4. The topological polar surface area (TPSA) is 55.8 Å². The molecule has 1 rings (SSSR count). The van der Waals surface area contributed by atoms with Gasteiger partial charge in [-0.25, -0.2) is 0 Å². The Morgan fingerprint density at radius 2 is 1.82 bits per heavy atom. The summed E-state index contributed by atoms with van der Waals surface area (Å²) in [5.74, 6) is -0.916. The van der Waals surface area contributed by atoms with Crippen molar-refractivity contribution in [3.05, 3.63) is 0 Å². The van der Waals surface area contributed by atoms with E-state index in [2.05, 4.69) is 4.90 Å². The second-order valence-corrected chi connectivity index (χ2v) is 5.22. The van der Waals surface area contributed by atoms with Crippen LogP contribution in [0.1, 0.15) is 27.2 Å². The number of rotatable bonds is 3. The van der Waals surface area contributed by atoms with Crippen molar-refractivity contribution in [3.63, 3.8) is 0 Å². The third kappa shape index (κ3) is 5.28. The molecular weight excluding hydrogens is 222 g/mol. The van der Waals surface area contributed by atoms with Crippen molar-refractivity contribution >= 4 is 11.9 Å². The predicted octanol–water partition coefficient (Wildman–Crippen LogP) is 0.825. The third-order valence-corrected chi connectivity index (χ3v) is 2.55. The van der Waals surface area contributed by atoms with Gasteiger partial charge in [0.1, 0.15) is 0 Å². The van der Waals surface area contributed by atoms with Gasteiger partial charge >= 0.3 is 11.9 Å². The maximum Gasteiger partial charge on any atom is 0.318 e. The lowest BCUT2D eigenvalue weighted by atomic mass is 9.97. The molecule has 98 valence electrons. The largest absolute Gasteiger partial charge is 0.393 e. The second kappa shape index (κ2) is 6.12. The summed E-state index contributed by atoms with van der Waals surface area (Å²) in [5, 5.41) is 0. The van der Waals surface area contributed by atoms with Gasteiger partial charge in [-0.1, -0.05) is 0 Å². The standard InChI is InChI=1S/C12H21NO4/c1-12(2,3)11(15)17-10(14)4-5-13-6-8-16-9-7-13/h4-9H2,1-3H3. The quantitative estimate of drug-likeness (QED) is 0.542. The molecule has 0 amide bonds. The second-order valence-electron chi connectivity index (χ2n) is 5.22. The van der Waals surface area contributed by atoms with Crippen LogP contribution >= 0.6 is 0 Å². The van der Waals surface area contributed by atoms with Crippen LogP contribution in [0.2, 0.25) is 0 Å². The van der Waals surface area contributed by atoms with E-state index < -0.39 is 17.4 Å². The summed E-state index contributed by atoms with van der Waals surface area (Å²) in [6.45, 7) is 8.88. The molecule has 17 heavy (non-hydrogen) atoms. The van der Waals surface area contributed by atoms with Gasteiger partial charge in [-0.05, 0) is 20.8 Å². The van der Waals surface area contributed by atoms with E-state index in [0.29, 0.717) is 19.8 Å². The average molecular weight is 243 g/mol. The van der Waals surface area contributed by atoms with E-state index in [1.165, 1.54) is 0 Å². The fourth-order valence-electron chi connectivity index (χ4n) is 1.38. The van der Waals surface area contributed by atoms with Crippen molar-refractivity contribution in [2.45, 2.75) is 27.2 Å². The highest BCUT2D eigenvalue weighted by Crippen LogP contribution is 2.15. The Bertz CT molecular complexity index is 277. The molecule has 0 saturated carbocycles. The number of hydrogen-bond acceptors (Lipinski definition) is 5. The smallest absolute Gasteiger partial charge is 0.318 e. The van der Waals surface area contributed by atoms with E-state index >= 15 is 0 Å². The molecule has 0 radical (unpaired) electrons. The first-order valence-electron chi connectivity index (χ1n) is 5.95. The number of ether oxygens (including phenoxy) is 2. The van der Waals surface area contributed by atoms with E-state index in [1.807, 2.05) is 0 Å². The monoisotopic (exact) mass is 243 g/mol. The Hall–Kier alpha value is -0.940. The first-order valence-corrected chi connectivity index (χ1v) is 5.95. The normalized spacial score (nSPS) is 17.8. The van der Waals surface area contributed by atoms with Crippen LogP contribution in [0.4, 0.5) is 0 Å². The molecule has 1 fully saturated rings. The van der Waals surface area contributed by atoms with Crippen molar-refractivity contribution in [1.82, 2.24) is 4.90 Å². The molecule has 1 heterocycles. The summed E-state index contributed by atoms with van der Waals surface area (Å²) in [5.41, 5.74) is -0.630. The number of hydrogen-bond donors (Lipinski definition) is 0. The zero-order valence-corrected chi connectivity index (χ0v) is 10.8. The molecule has 1 saturated heterocycles. The van der Waals surface area contributed by atoms with Crippen LogP contribution in [0.25, 0.3) is 0 Å². The molecule has 0 atom stereocenters. The zero-order chi connectivity index (χ0) is 12.9. The van der Waals surface area contributed by atoms with Gasteiger partial charge in [0, 0.05) is 19.6 Å². The molecular formula is C12H21NO4. The van der Waals surface area contributed by atoms with Crippen LogP contribution in [0.15, 0.2) is 0 Å². The SMILES string of the molecule is CC(C)(C)C(=O)OC(=O)CCN1CCOCC1. The third-order valence-electron chi connectivity index (χ3n) is 2.55. The summed E-state index contributed by atoms with van der Waals surface area (Å²) < 4.78 is 9.97. The van der Waals surface area contributed by atoms with Crippen LogP contribution in [-0.4, -0.2) is 49.7 Å². The summed E-state index contributed by atoms with van der Waals surface area (Å²) >= 11 is 0. The lowest BCUT2D eigenvalue weighted by molar-refractivity contribution is -0.165. The minimum Gasteiger partial charge on any atom is -0.393 e. The van der Waals surface area contributed by atoms with E-state index in [-0.39, 0.29) is 6.42 Å². The van der Waals surface area contributed by atoms with Gasteiger partial charge in [0.05, 0.1) is 25.0 Å². The highest BCUT2D eigenvalue weighted by Gasteiger charge is 2.25. The van der Waals surface area contributed by atoms with E-state index in [4.69, 9.17) is 9.47 Å². The van der Waals surface area contributed by atoms with Crippen molar-refractivity contribution in [1.29, 1.82) is 0 Å². The van der Waals surface area contributed by atoms with Gasteiger partial charge in [0.2, 0.25) is 0 Å². The van der Waals surface area contributed by atoms with Crippen molar-refractivity contribution < 1.29 is 19.1 Å². The van der Waals surface area contributed by atoms with Gasteiger partial charge in [-0.3, -0.25) is 14.5 Å². The summed E-state index contributed by atoms with van der Waals surface area (Å²) in [6, 6.07) is 0. The van der Waals surface area contributed by atoms with Gasteiger partial charge < -0.3 is 9.47 Å². The summed E-state index contributed by atoms with van der Waals surface area (Å²) in [7, 11) is 0.